The maximum absolute atomic E-state index is 11.2. The van der Waals surface area contributed by atoms with Gasteiger partial charge < -0.3 is 14.2 Å². The summed E-state index contributed by atoms with van der Waals surface area (Å²) in [5.74, 6) is 0. The predicted molar refractivity (Wildman–Crippen MR) is 116 cm³/mol. The van der Waals surface area contributed by atoms with Gasteiger partial charge in [0.25, 0.3) is 0 Å². The highest BCUT2D eigenvalue weighted by Gasteiger charge is 2.04. The van der Waals surface area contributed by atoms with E-state index in [2.05, 4.69) is 14.2 Å². The topological polar surface area (TPSA) is 27.7 Å². The van der Waals surface area contributed by atoms with Crippen molar-refractivity contribution in [3.8, 4) is 0 Å². The summed E-state index contributed by atoms with van der Waals surface area (Å²) < 4.78 is 284. The molecule has 0 unspecified atom stereocenters. The van der Waals surface area contributed by atoms with Gasteiger partial charge in [-0.3, -0.25) is 13.2 Å². The molecule has 0 rings (SSSR count). The summed E-state index contributed by atoms with van der Waals surface area (Å²) in [4.78, 5) is 0. The van der Waals surface area contributed by atoms with Crippen molar-refractivity contribution in [3.05, 3.63) is 36.3 Å². The lowest BCUT2D eigenvalue weighted by Crippen LogP contribution is -1.83. The van der Waals surface area contributed by atoms with Crippen molar-refractivity contribution in [2.75, 3.05) is 83.7 Å². The summed E-state index contributed by atoms with van der Waals surface area (Å²) >= 11 is 0. The lowest BCUT2D eigenvalue weighted by molar-refractivity contribution is 0.0560. The molecule has 306 valence electrons. The molecule has 0 fully saturated rings. The Hall–Kier alpha value is -3.27. The van der Waals surface area contributed by atoms with Crippen LogP contribution in [0.25, 0.3) is 0 Å². The number of hydrogen-bond acceptors (Lipinski definition) is 3. The zero-order valence-electron chi connectivity index (χ0n) is 23.8. The van der Waals surface area contributed by atoms with Crippen LogP contribution in [0.3, 0.4) is 0 Å². The third kappa shape index (κ3) is 237. The molecule has 0 heterocycles. The highest BCUT2D eigenvalue weighted by atomic mass is 19.3. The molecule has 30 heteroatoms. The Morgan fingerprint density at radius 2 is 0.354 bits per heavy atom. The van der Waals surface area contributed by atoms with Crippen LogP contribution in [0.1, 0.15) is 0 Å². The molecule has 0 radical (unpaired) electrons. The quantitative estimate of drug-likeness (QED) is 0.198. The van der Waals surface area contributed by atoms with Gasteiger partial charge in [-0.25, -0.2) is 65.9 Å². The smallest absolute Gasteiger partial charge is 0.342 e. The average molecular weight is 804 g/mol. The van der Waals surface area contributed by atoms with Crippen molar-refractivity contribution in [2.24, 2.45) is 0 Å². The van der Waals surface area contributed by atoms with Crippen molar-refractivity contribution >= 4 is 0 Å². The van der Waals surface area contributed by atoms with E-state index in [0.29, 0.717) is 21.5 Å². The molecule has 0 N–H and O–H groups in total. The summed E-state index contributed by atoms with van der Waals surface area (Å²) in [5.41, 5.74) is 0. The van der Waals surface area contributed by atoms with Crippen molar-refractivity contribution < 1.29 is 133 Å². The second-order valence-corrected chi connectivity index (χ2v) is 2.97. The molecule has 0 aliphatic heterocycles. The first-order chi connectivity index (χ1) is 22.5. The molecule has 0 saturated heterocycles. The molecule has 3 nitrogen and oxygen atoms in total. The molecule has 0 bridgehead atoms. The van der Waals surface area contributed by atoms with Gasteiger partial charge in [-0.15, -0.1) is 0 Å². The van der Waals surface area contributed by atoms with E-state index < -0.39 is 98.4 Å². The van der Waals surface area contributed by atoms with Crippen LogP contribution in [0.4, 0.5) is 119 Å². The first-order valence-corrected chi connectivity index (χ1v) is 9.07. The van der Waals surface area contributed by atoms with Gasteiger partial charge in [-0.2, -0.15) is 39.5 Å². The van der Waals surface area contributed by atoms with Crippen LogP contribution in [-0.4, -0.2) is 83.7 Å². The number of halogens is 27. The summed E-state index contributed by atoms with van der Waals surface area (Å²) in [6, 6.07) is -6.48. The standard InChI is InChI=1S/3C3H2F4O.6CH2F2.3CH3F/c3*4-1-8-3(7)2(5)6;6*2-1-3;3*1-2/h3*1H2;6*1H2;3*1H3. The zero-order valence-corrected chi connectivity index (χ0v) is 23.8. The molecule has 0 atom stereocenters. The van der Waals surface area contributed by atoms with Gasteiger partial charge in [0.05, 0.1) is 21.5 Å². The van der Waals surface area contributed by atoms with Crippen LogP contribution in [0.2, 0.25) is 0 Å². The molecule has 0 spiro atoms. The fourth-order valence-corrected chi connectivity index (χ4v) is 0.307. The van der Waals surface area contributed by atoms with E-state index >= 15 is 0 Å². The lowest BCUT2D eigenvalue weighted by Gasteiger charge is -1.90. The maximum Gasteiger partial charge on any atom is 0.342 e. The maximum atomic E-state index is 11.2. The molecule has 0 aliphatic carbocycles. The molecule has 0 aromatic rings. The van der Waals surface area contributed by atoms with Gasteiger partial charge in [0.1, 0.15) is 0 Å². The van der Waals surface area contributed by atoms with E-state index in [4.69, 9.17) is 0 Å². The fourth-order valence-electron chi connectivity index (χ4n) is 0.307. The van der Waals surface area contributed by atoms with E-state index in [1.54, 1.807) is 0 Å². The highest BCUT2D eigenvalue weighted by molar-refractivity contribution is 4.80. The van der Waals surface area contributed by atoms with Gasteiger partial charge in [-0.1, -0.05) is 0 Å². The number of rotatable bonds is 6. The minimum atomic E-state index is -2.65. The molecule has 0 aromatic heterocycles. The van der Waals surface area contributed by atoms with Crippen LogP contribution in [0.15, 0.2) is 36.3 Å². The Kier molecular flexibility index (Phi) is 186. The Bertz CT molecular complexity index is 441. The van der Waals surface area contributed by atoms with Crippen molar-refractivity contribution in [3.63, 3.8) is 0 Å². The molecule has 48 heavy (non-hydrogen) atoms. The van der Waals surface area contributed by atoms with Crippen LogP contribution in [0, 0.1) is 0 Å². The normalized spacial score (nSPS) is 6.88. The largest absolute Gasteiger partial charge is 0.435 e. The Morgan fingerprint density at radius 1 is 0.271 bits per heavy atom. The van der Waals surface area contributed by atoms with Gasteiger partial charge in [0, 0.05) is 0 Å². The van der Waals surface area contributed by atoms with Crippen molar-refractivity contribution in [1.29, 1.82) is 0 Å². The number of ether oxygens (including phenoxy) is 3. The summed E-state index contributed by atoms with van der Waals surface area (Å²) in [6.07, 6.45) is -7.95. The van der Waals surface area contributed by atoms with E-state index in [9.17, 15) is 119 Å². The summed E-state index contributed by atoms with van der Waals surface area (Å²) in [6.45, 7) is -15.2. The molecular weight excluding hydrogens is 777 g/mol. The van der Waals surface area contributed by atoms with E-state index in [0.717, 1.165) is 0 Å². The minimum Gasteiger partial charge on any atom is -0.435 e. The van der Waals surface area contributed by atoms with Crippen molar-refractivity contribution in [2.45, 2.75) is 0 Å². The Balaban J connectivity index is -0.0000000308. The Morgan fingerprint density at radius 3 is 0.375 bits per heavy atom. The first kappa shape index (κ1) is 79.8. The fraction of sp³-hybridized carbons (Fsp3) is 0.667. The first-order valence-electron chi connectivity index (χ1n) is 9.07. The lowest BCUT2D eigenvalue weighted by atomic mass is 11.0. The zero-order chi connectivity index (χ0) is 41.9. The van der Waals surface area contributed by atoms with Crippen molar-refractivity contribution in [1.82, 2.24) is 0 Å². The van der Waals surface area contributed by atoms with Gasteiger partial charge in [0.15, 0.2) is 0 Å². The van der Waals surface area contributed by atoms with Gasteiger partial charge in [-0.05, 0) is 0 Å². The molecule has 0 aromatic carbocycles. The van der Waals surface area contributed by atoms with E-state index in [-0.39, 0.29) is 0 Å². The molecule has 0 saturated carbocycles. The van der Waals surface area contributed by atoms with Crippen LogP contribution in [-0.2, 0) is 14.2 Å². The van der Waals surface area contributed by atoms with Crippen LogP contribution in [0.5, 0.6) is 0 Å². The second-order valence-electron chi connectivity index (χ2n) is 2.97. The van der Waals surface area contributed by atoms with Crippen LogP contribution < -0.4 is 0 Å². The summed E-state index contributed by atoms with van der Waals surface area (Å²) in [5, 5.41) is 0. The third-order valence-electron chi connectivity index (χ3n) is 0.990. The molecule has 0 aliphatic rings. The number of hydrogen-bond donors (Lipinski definition) is 0. The second kappa shape index (κ2) is 112. The van der Waals surface area contributed by atoms with Gasteiger partial charge >= 0.3 is 36.3 Å². The SMILES string of the molecule is CF.CF.CF.FCF.FCF.FCF.FCF.FCF.FCF.FCOC(F)=C(F)F.FCOC(F)=C(F)F.FCOC(F)=C(F)F. The monoisotopic (exact) mass is 804 g/mol. The Labute approximate surface area is 254 Å². The molecule has 0 amide bonds. The third-order valence-corrected chi connectivity index (χ3v) is 0.990. The number of alkyl halides is 18. The minimum absolute atomic E-state index is 0.500. The van der Waals surface area contributed by atoms with E-state index in [1.807, 2.05) is 0 Å². The molecular formula is C18H27F27O3. The van der Waals surface area contributed by atoms with E-state index in [1.165, 1.54) is 0 Å². The average Bonchev–Trinajstić information content (AvgIpc) is 3.03. The van der Waals surface area contributed by atoms with Crippen LogP contribution >= 0.6 is 0 Å². The summed E-state index contributed by atoms with van der Waals surface area (Å²) in [7, 11) is 1.50. The van der Waals surface area contributed by atoms with Gasteiger partial charge in [0.2, 0.25) is 62.2 Å². The highest BCUT2D eigenvalue weighted by Crippen LogP contribution is 2.10. The predicted octanol–water partition coefficient (Wildman–Crippen LogP) is 12.9.